The second kappa shape index (κ2) is 12.5. The first-order chi connectivity index (χ1) is 19.1. The molecule has 5 rings (SSSR count). The molecule has 39 heavy (non-hydrogen) atoms. The summed E-state index contributed by atoms with van der Waals surface area (Å²) in [6.07, 6.45) is 0.781. The first-order valence-corrected chi connectivity index (χ1v) is 13.5. The van der Waals surface area contributed by atoms with Crippen LogP contribution in [0.1, 0.15) is 45.5 Å². The van der Waals surface area contributed by atoms with Gasteiger partial charge < -0.3 is 19.1 Å². The van der Waals surface area contributed by atoms with Gasteiger partial charge in [-0.3, -0.25) is 9.69 Å². The topological polar surface area (TPSA) is 68.3 Å². The van der Waals surface area contributed by atoms with E-state index in [-0.39, 0.29) is 18.0 Å². The third-order valence-corrected chi connectivity index (χ3v) is 7.74. The number of esters is 1. The molecule has 0 radical (unpaired) electrons. The molecule has 204 valence electrons. The highest BCUT2D eigenvalue weighted by atomic mass is 16.5. The lowest BCUT2D eigenvalue weighted by molar-refractivity contribution is -0.134. The fourth-order valence-corrected chi connectivity index (χ4v) is 5.30. The van der Waals surface area contributed by atoms with E-state index in [4.69, 9.17) is 14.2 Å². The molecule has 3 aromatic carbocycles. The van der Waals surface area contributed by atoms with E-state index in [2.05, 4.69) is 23.1 Å². The third-order valence-electron chi connectivity index (χ3n) is 7.74. The van der Waals surface area contributed by atoms with E-state index in [0.717, 1.165) is 49.5 Å². The van der Waals surface area contributed by atoms with Crippen LogP contribution in [-0.4, -0.2) is 68.6 Å². The number of hydrogen-bond donors (Lipinski definition) is 0. The Labute approximate surface area is 230 Å². The van der Waals surface area contributed by atoms with Crippen molar-refractivity contribution in [3.63, 3.8) is 0 Å². The van der Waals surface area contributed by atoms with Gasteiger partial charge >= 0.3 is 5.97 Å². The zero-order valence-electron chi connectivity index (χ0n) is 22.6. The molecule has 7 heteroatoms. The van der Waals surface area contributed by atoms with Gasteiger partial charge in [-0.1, -0.05) is 54.6 Å². The summed E-state index contributed by atoms with van der Waals surface area (Å²) in [4.78, 5) is 29.3. The number of carbonyl (C=O) groups excluding carboxylic acids is 2. The summed E-state index contributed by atoms with van der Waals surface area (Å²) in [5.74, 6) is 1.21. The monoisotopic (exact) mass is 528 g/mol. The highest BCUT2D eigenvalue weighted by Crippen LogP contribution is 2.48. The molecule has 3 atom stereocenters. The zero-order chi connectivity index (χ0) is 27.2. The third kappa shape index (κ3) is 6.67. The van der Waals surface area contributed by atoms with Gasteiger partial charge in [-0.15, -0.1) is 0 Å². The molecule has 0 spiro atoms. The van der Waals surface area contributed by atoms with Gasteiger partial charge in [0.2, 0.25) is 5.91 Å². The van der Waals surface area contributed by atoms with Crippen molar-refractivity contribution in [2.45, 2.75) is 25.0 Å². The van der Waals surface area contributed by atoms with Gasteiger partial charge in [0.1, 0.15) is 5.75 Å². The molecule has 0 aromatic heterocycles. The summed E-state index contributed by atoms with van der Waals surface area (Å²) in [5.41, 5.74) is 3.80. The average Bonchev–Trinajstić information content (AvgIpc) is 3.81. The van der Waals surface area contributed by atoms with Gasteiger partial charge in [0.15, 0.2) is 0 Å². The number of rotatable bonds is 10. The van der Waals surface area contributed by atoms with Gasteiger partial charge in [0.05, 0.1) is 32.5 Å². The summed E-state index contributed by atoms with van der Waals surface area (Å²) < 4.78 is 16.7. The Bertz CT molecular complexity index is 1260. The van der Waals surface area contributed by atoms with Crippen LogP contribution in [0.3, 0.4) is 0 Å². The molecule has 0 unspecified atom stereocenters. The molecule has 2 fully saturated rings. The quantitative estimate of drug-likeness (QED) is 0.356. The predicted molar refractivity (Wildman–Crippen MR) is 149 cm³/mol. The molecule has 1 amide bonds. The van der Waals surface area contributed by atoms with Crippen LogP contribution in [0.15, 0.2) is 78.9 Å². The molecular weight excluding hydrogens is 492 g/mol. The number of ether oxygens (including phenoxy) is 3. The lowest BCUT2D eigenvalue weighted by Crippen LogP contribution is -2.50. The minimum Gasteiger partial charge on any atom is -0.497 e. The van der Waals surface area contributed by atoms with Crippen LogP contribution >= 0.6 is 0 Å². The Hall–Kier alpha value is -3.68. The highest BCUT2D eigenvalue weighted by molar-refractivity contribution is 5.89. The van der Waals surface area contributed by atoms with Crippen LogP contribution in [-0.2, 0) is 20.9 Å². The number of carbonyl (C=O) groups is 2. The minimum atomic E-state index is -0.355. The molecule has 3 aromatic rings. The van der Waals surface area contributed by atoms with E-state index in [0.29, 0.717) is 30.5 Å². The van der Waals surface area contributed by atoms with Crippen LogP contribution in [0.25, 0.3) is 0 Å². The molecule has 1 heterocycles. The van der Waals surface area contributed by atoms with Crippen LogP contribution in [0.4, 0.5) is 0 Å². The smallest absolute Gasteiger partial charge is 0.337 e. The van der Waals surface area contributed by atoms with Crippen molar-refractivity contribution in [1.29, 1.82) is 0 Å². The number of hydrogen-bond acceptors (Lipinski definition) is 6. The second-order valence-electron chi connectivity index (χ2n) is 10.3. The molecule has 0 bridgehead atoms. The Morgan fingerprint density at radius 1 is 0.897 bits per heavy atom. The number of nitrogens with zero attached hydrogens (tertiary/aromatic N) is 2. The summed E-state index contributed by atoms with van der Waals surface area (Å²) in [6.45, 7) is 4.21. The Morgan fingerprint density at radius 3 is 2.33 bits per heavy atom. The van der Waals surface area contributed by atoms with Gasteiger partial charge in [0, 0.05) is 38.6 Å². The maximum Gasteiger partial charge on any atom is 0.337 e. The largest absolute Gasteiger partial charge is 0.497 e. The summed E-state index contributed by atoms with van der Waals surface area (Å²) in [6, 6.07) is 25.6. The summed E-state index contributed by atoms with van der Waals surface area (Å²) >= 11 is 0. The van der Waals surface area contributed by atoms with E-state index in [1.54, 1.807) is 19.2 Å². The summed E-state index contributed by atoms with van der Waals surface area (Å²) in [5, 5.41) is 0. The van der Waals surface area contributed by atoms with E-state index < -0.39 is 0 Å². The Kier molecular flexibility index (Phi) is 8.59. The first-order valence-electron chi connectivity index (χ1n) is 13.5. The van der Waals surface area contributed by atoms with Crippen molar-refractivity contribution in [3.8, 4) is 5.75 Å². The fourth-order valence-electron chi connectivity index (χ4n) is 5.30. The molecule has 7 nitrogen and oxygen atoms in total. The number of piperazine rings is 1. The van der Waals surface area contributed by atoms with E-state index in [1.807, 2.05) is 53.4 Å². The highest BCUT2D eigenvalue weighted by Gasteiger charge is 2.46. The maximum absolute atomic E-state index is 13.1. The SMILES string of the molecule is COC(=O)c1ccc(CO[C@H](CN2CCN(C(=O)[C@H]3C[C@H]3c3ccccc3)CC2)c2cccc(OC)c2)cc1. The molecule has 1 saturated heterocycles. The van der Waals surface area contributed by atoms with Crippen LogP contribution < -0.4 is 4.74 Å². The normalized spacial score (nSPS) is 19.8. The maximum atomic E-state index is 13.1. The van der Waals surface area contributed by atoms with Crippen LogP contribution in [0.2, 0.25) is 0 Å². The second-order valence-corrected chi connectivity index (χ2v) is 10.3. The zero-order valence-corrected chi connectivity index (χ0v) is 22.6. The Balaban J connectivity index is 1.19. The van der Waals surface area contributed by atoms with Gasteiger partial charge in [0.25, 0.3) is 0 Å². The van der Waals surface area contributed by atoms with Crippen molar-refractivity contribution in [3.05, 3.63) is 101 Å². The minimum absolute atomic E-state index is 0.123. The van der Waals surface area contributed by atoms with Gasteiger partial charge in [-0.05, 0) is 53.3 Å². The first kappa shape index (κ1) is 26.9. The van der Waals surface area contributed by atoms with E-state index in [1.165, 1.54) is 12.7 Å². The molecular formula is C32H36N2O5. The summed E-state index contributed by atoms with van der Waals surface area (Å²) in [7, 11) is 3.04. The lowest BCUT2D eigenvalue weighted by atomic mass is 10.1. The Morgan fingerprint density at radius 2 is 1.64 bits per heavy atom. The number of amides is 1. The van der Waals surface area contributed by atoms with Crippen molar-refractivity contribution < 1.29 is 23.8 Å². The number of benzene rings is 3. The molecule has 1 aliphatic carbocycles. The van der Waals surface area contributed by atoms with Gasteiger partial charge in [-0.2, -0.15) is 0 Å². The molecule has 1 aliphatic heterocycles. The average molecular weight is 529 g/mol. The van der Waals surface area contributed by atoms with E-state index >= 15 is 0 Å². The predicted octanol–water partition coefficient (Wildman–Crippen LogP) is 4.69. The number of methoxy groups -OCH3 is 2. The van der Waals surface area contributed by atoms with Crippen molar-refractivity contribution in [2.75, 3.05) is 46.9 Å². The molecule has 2 aliphatic rings. The lowest BCUT2D eigenvalue weighted by Gasteiger charge is -2.36. The fraction of sp³-hybridized carbons (Fsp3) is 0.375. The van der Waals surface area contributed by atoms with E-state index in [9.17, 15) is 9.59 Å². The molecule has 1 saturated carbocycles. The van der Waals surface area contributed by atoms with Crippen LogP contribution in [0.5, 0.6) is 5.75 Å². The van der Waals surface area contributed by atoms with Crippen molar-refractivity contribution in [1.82, 2.24) is 9.80 Å². The van der Waals surface area contributed by atoms with Crippen molar-refractivity contribution in [2.24, 2.45) is 5.92 Å². The van der Waals surface area contributed by atoms with Crippen molar-refractivity contribution >= 4 is 11.9 Å². The van der Waals surface area contributed by atoms with Gasteiger partial charge in [-0.25, -0.2) is 4.79 Å². The standard InChI is InChI=1S/C32H36N2O5/c1-37-27-10-6-9-26(19-27)30(39-22-23-11-13-25(14-12-23)32(36)38-2)21-33-15-17-34(18-16-33)31(35)29-20-28(29)24-7-4-3-5-8-24/h3-14,19,28-30H,15-18,20-22H2,1-2H3/t28-,29-,30+/m0/s1. The van der Waals surface area contributed by atoms with Crippen LogP contribution in [0, 0.1) is 5.92 Å². The molecule has 0 N–H and O–H groups in total.